The van der Waals surface area contributed by atoms with Gasteiger partial charge < -0.3 is 14.6 Å². The lowest BCUT2D eigenvalue weighted by molar-refractivity contribution is -0.131. The van der Waals surface area contributed by atoms with Crippen LogP contribution >= 0.6 is 0 Å². The predicted octanol–water partition coefficient (Wildman–Crippen LogP) is 4.56. The molecule has 1 N–H and O–H groups in total. The van der Waals surface area contributed by atoms with E-state index in [0.717, 1.165) is 23.0 Å². The highest BCUT2D eigenvalue weighted by Crippen LogP contribution is 2.22. The number of carbonyl (C=O) groups is 2. The number of rotatable bonds is 11. The molecule has 0 fully saturated rings. The predicted molar refractivity (Wildman–Crippen MR) is 109 cm³/mol. The summed E-state index contributed by atoms with van der Waals surface area (Å²) < 4.78 is 11.5. The van der Waals surface area contributed by atoms with Crippen LogP contribution in [0.15, 0.2) is 61.2 Å². The number of benzene rings is 2. The van der Waals surface area contributed by atoms with Crippen LogP contribution in [-0.2, 0) is 11.2 Å². The van der Waals surface area contributed by atoms with Gasteiger partial charge in [0.05, 0.1) is 13.2 Å². The second-order valence-electron chi connectivity index (χ2n) is 6.16. The number of carboxylic acid groups (broad SMARTS) is 1. The average molecular weight is 380 g/mol. The van der Waals surface area contributed by atoms with Crippen LogP contribution in [0.5, 0.6) is 11.5 Å². The molecule has 146 valence electrons. The fourth-order valence-corrected chi connectivity index (χ4v) is 2.53. The van der Waals surface area contributed by atoms with Gasteiger partial charge in [-0.2, -0.15) is 0 Å². The number of hydrogen-bond donors (Lipinski definition) is 1. The van der Waals surface area contributed by atoms with Gasteiger partial charge in [0.2, 0.25) is 0 Å². The molecule has 0 aliphatic carbocycles. The molecule has 0 heterocycles. The van der Waals surface area contributed by atoms with Crippen LogP contribution in [0.25, 0.3) is 6.08 Å². The third kappa shape index (κ3) is 6.76. The molecule has 0 aliphatic rings. The first kappa shape index (κ1) is 21.0. The van der Waals surface area contributed by atoms with Gasteiger partial charge in [0.1, 0.15) is 11.5 Å². The van der Waals surface area contributed by atoms with E-state index in [1.54, 1.807) is 43.3 Å². The molecule has 5 nitrogen and oxygen atoms in total. The number of ketones is 1. The smallest absolute Gasteiger partial charge is 0.328 e. The summed E-state index contributed by atoms with van der Waals surface area (Å²) in [6.45, 7) is 6.27. The average Bonchev–Trinajstić information content (AvgIpc) is 2.68. The zero-order valence-electron chi connectivity index (χ0n) is 15.9. The highest BCUT2D eigenvalue weighted by atomic mass is 16.5. The topological polar surface area (TPSA) is 72.8 Å². The lowest BCUT2D eigenvalue weighted by atomic mass is 10.0. The largest absolute Gasteiger partial charge is 0.493 e. The summed E-state index contributed by atoms with van der Waals surface area (Å²) in [6.07, 6.45) is 5.73. The lowest BCUT2D eigenvalue weighted by Gasteiger charge is -2.12. The van der Waals surface area contributed by atoms with Crippen LogP contribution in [0.2, 0.25) is 0 Å². The van der Waals surface area contributed by atoms with Crippen LogP contribution < -0.4 is 9.47 Å². The van der Waals surface area contributed by atoms with Gasteiger partial charge in [0.25, 0.3) is 0 Å². The van der Waals surface area contributed by atoms with E-state index in [9.17, 15) is 9.59 Å². The summed E-state index contributed by atoms with van der Waals surface area (Å²) >= 11 is 0. The molecule has 0 spiro atoms. The second kappa shape index (κ2) is 10.7. The minimum absolute atomic E-state index is 0.0229. The lowest BCUT2D eigenvalue weighted by Crippen LogP contribution is -2.06. The molecule has 0 aliphatic heterocycles. The Morgan fingerprint density at radius 2 is 1.79 bits per heavy atom. The Bertz CT molecular complexity index is 850. The number of ether oxygens (including phenoxy) is 2. The van der Waals surface area contributed by atoms with E-state index in [1.807, 2.05) is 12.1 Å². The minimum atomic E-state index is -0.979. The quantitative estimate of drug-likeness (QED) is 0.268. The van der Waals surface area contributed by atoms with Crippen LogP contribution in [0, 0.1) is 0 Å². The molecule has 28 heavy (non-hydrogen) atoms. The van der Waals surface area contributed by atoms with Gasteiger partial charge in [-0.15, -0.1) is 6.58 Å². The standard InChI is InChI=1S/C23H24O5/c1-3-5-20-16-19(17(2)24)9-12-22(20)28-15-4-14-27-21-10-6-18(7-11-21)8-13-23(25)26/h3,6-13,16H,1,4-5,14-15H2,2H3,(H,25,26)/b13-8+. The number of Topliss-reactive ketones (excluding diaryl/α,β-unsaturated/α-hetero) is 1. The Morgan fingerprint density at radius 1 is 1.07 bits per heavy atom. The number of aliphatic carboxylic acids is 1. The van der Waals surface area contributed by atoms with Crippen molar-refractivity contribution < 1.29 is 24.2 Å². The van der Waals surface area contributed by atoms with Crippen molar-refractivity contribution in [2.75, 3.05) is 13.2 Å². The van der Waals surface area contributed by atoms with Crippen molar-refractivity contribution >= 4 is 17.8 Å². The van der Waals surface area contributed by atoms with Gasteiger partial charge in [-0.05, 0) is 60.9 Å². The molecule has 0 bridgehead atoms. The van der Waals surface area contributed by atoms with Crippen molar-refractivity contribution in [3.8, 4) is 11.5 Å². The highest BCUT2D eigenvalue weighted by molar-refractivity contribution is 5.94. The Morgan fingerprint density at radius 3 is 2.43 bits per heavy atom. The molecule has 5 heteroatoms. The van der Waals surface area contributed by atoms with Gasteiger partial charge in [0, 0.05) is 18.1 Å². The number of carboxylic acids is 1. The minimum Gasteiger partial charge on any atom is -0.493 e. The van der Waals surface area contributed by atoms with Crippen LogP contribution in [0.4, 0.5) is 0 Å². The van der Waals surface area contributed by atoms with Crippen LogP contribution in [-0.4, -0.2) is 30.1 Å². The highest BCUT2D eigenvalue weighted by Gasteiger charge is 2.07. The molecule has 0 radical (unpaired) electrons. The molecule has 0 saturated carbocycles. The van der Waals surface area contributed by atoms with Crippen molar-refractivity contribution in [3.05, 3.63) is 77.9 Å². The fourth-order valence-electron chi connectivity index (χ4n) is 2.53. The second-order valence-corrected chi connectivity index (χ2v) is 6.16. The van der Waals surface area contributed by atoms with Gasteiger partial charge in [-0.3, -0.25) is 4.79 Å². The maximum Gasteiger partial charge on any atom is 0.328 e. The molecule has 0 unspecified atom stereocenters. The van der Waals surface area contributed by atoms with Crippen LogP contribution in [0.1, 0.15) is 34.8 Å². The molecule has 0 atom stereocenters. The summed E-state index contributed by atoms with van der Waals surface area (Å²) in [5.41, 5.74) is 2.39. The van der Waals surface area contributed by atoms with Gasteiger partial charge in [0.15, 0.2) is 5.78 Å². The molecular formula is C23H24O5. The molecule has 2 aromatic rings. The zero-order valence-corrected chi connectivity index (χ0v) is 15.9. The maximum atomic E-state index is 11.5. The summed E-state index contributed by atoms with van der Waals surface area (Å²) in [7, 11) is 0. The summed E-state index contributed by atoms with van der Waals surface area (Å²) in [5, 5.41) is 8.62. The van der Waals surface area contributed by atoms with Crippen molar-refractivity contribution in [1.29, 1.82) is 0 Å². The summed E-state index contributed by atoms with van der Waals surface area (Å²) in [5.74, 6) is 0.507. The first-order chi connectivity index (χ1) is 13.5. The fraction of sp³-hybridized carbons (Fsp3) is 0.217. The third-order valence-electron chi connectivity index (χ3n) is 3.94. The SMILES string of the molecule is C=CCc1cc(C(C)=O)ccc1OCCCOc1ccc(/C=C/C(=O)O)cc1. The molecule has 0 aromatic heterocycles. The molecule has 2 aromatic carbocycles. The summed E-state index contributed by atoms with van der Waals surface area (Å²) in [6, 6.07) is 12.6. The van der Waals surface area contributed by atoms with Crippen molar-refractivity contribution in [2.45, 2.75) is 19.8 Å². The van der Waals surface area contributed by atoms with Crippen molar-refractivity contribution in [2.24, 2.45) is 0 Å². The summed E-state index contributed by atoms with van der Waals surface area (Å²) in [4.78, 5) is 22.0. The number of carbonyl (C=O) groups excluding carboxylic acids is 1. The first-order valence-electron chi connectivity index (χ1n) is 9.01. The Balaban J connectivity index is 1.80. The van der Waals surface area contributed by atoms with Gasteiger partial charge in [-0.25, -0.2) is 4.79 Å². The monoisotopic (exact) mass is 380 g/mol. The van der Waals surface area contributed by atoms with Gasteiger partial charge >= 0.3 is 5.97 Å². The third-order valence-corrected chi connectivity index (χ3v) is 3.94. The molecular weight excluding hydrogens is 356 g/mol. The van der Waals surface area contributed by atoms with E-state index in [1.165, 1.54) is 6.08 Å². The number of allylic oxidation sites excluding steroid dienone is 1. The Labute approximate surface area is 164 Å². The number of hydrogen-bond acceptors (Lipinski definition) is 4. The zero-order chi connectivity index (χ0) is 20.4. The Hall–Kier alpha value is -3.34. The van der Waals surface area contributed by atoms with Crippen molar-refractivity contribution in [3.63, 3.8) is 0 Å². The first-order valence-corrected chi connectivity index (χ1v) is 9.01. The maximum absolute atomic E-state index is 11.5. The van der Waals surface area contributed by atoms with Crippen molar-refractivity contribution in [1.82, 2.24) is 0 Å². The van der Waals surface area contributed by atoms with E-state index in [2.05, 4.69) is 6.58 Å². The van der Waals surface area contributed by atoms with E-state index in [4.69, 9.17) is 14.6 Å². The van der Waals surface area contributed by atoms with E-state index >= 15 is 0 Å². The van der Waals surface area contributed by atoms with Gasteiger partial charge in [-0.1, -0.05) is 18.2 Å². The normalized spacial score (nSPS) is 10.6. The van der Waals surface area contributed by atoms with Crippen LogP contribution in [0.3, 0.4) is 0 Å². The van der Waals surface area contributed by atoms with E-state index in [0.29, 0.717) is 37.4 Å². The molecule has 2 rings (SSSR count). The molecule has 0 amide bonds. The van der Waals surface area contributed by atoms with E-state index in [-0.39, 0.29) is 5.78 Å². The Kier molecular flexibility index (Phi) is 8.03. The molecule has 0 saturated heterocycles. The van der Waals surface area contributed by atoms with E-state index < -0.39 is 5.97 Å².